The van der Waals surface area contributed by atoms with Gasteiger partial charge in [0.1, 0.15) is 11.6 Å². The first kappa shape index (κ1) is 14.3. The van der Waals surface area contributed by atoms with Crippen molar-refractivity contribution in [3.8, 4) is 0 Å². The van der Waals surface area contributed by atoms with Crippen LogP contribution in [0.3, 0.4) is 0 Å². The smallest absolute Gasteiger partial charge is 0.226 e. The van der Waals surface area contributed by atoms with Crippen LogP contribution in [0, 0.1) is 11.7 Å². The molecule has 2 fully saturated rings. The maximum absolute atomic E-state index is 13.0. The highest BCUT2D eigenvalue weighted by Gasteiger charge is 2.47. The second-order valence-corrected chi connectivity index (χ2v) is 6.25. The molecule has 1 aliphatic carbocycles. The van der Waals surface area contributed by atoms with Gasteiger partial charge in [0.25, 0.3) is 0 Å². The third kappa shape index (κ3) is 2.83. The Morgan fingerprint density at radius 2 is 1.83 bits per heavy atom. The molecule has 1 aromatic heterocycles. The highest BCUT2D eigenvalue weighted by molar-refractivity contribution is 5.83. The Kier molecular flexibility index (Phi) is 3.56. The van der Waals surface area contributed by atoms with Gasteiger partial charge in [-0.2, -0.15) is 0 Å². The summed E-state index contributed by atoms with van der Waals surface area (Å²) in [5.74, 6) is 1.28. The molecule has 2 heterocycles. The summed E-state index contributed by atoms with van der Waals surface area (Å²) >= 11 is 0. The summed E-state index contributed by atoms with van der Waals surface area (Å²) < 4.78 is 18.4. The molecule has 2 atom stereocenters. The van der Waals surface area contributed by atoms with Crippen LogP contribution in [-0.2, 0) is 4.79 Å². The van der Waals surface area contributed by atoms with Crippen molar-refractivity contribution in [1.82, 2.24) is 4.90 Å². The van der Waals surface area contributed by atoms with Gasteiger partial charge in [0.15, 0.2) is 0 Å². The van der Waals surface area contributed by atoms with E-state index in [1.165, 1.54) is 12.1 Å². The molecule has 120 valence electrons. The summed E-state index contributed by atoms with van der Waals surface area (Å²) in [7, 11) is 0. The van der Waals surface area contributed by atoms with Gasteiger partial charge in [0, 0.05) is 43.7 Å². The number of carbonyl (C=O) groups excluding carboxylic acids is 1. The van der Waals surface area contributed by atoms with Gasteiger partial charge in [0.05, 0.1) is 6.26 Å². The van der Waals surface area contributed by atoms with E-state index in [0.29, 0.717) is 0 Å². The van der Waals surface area contributed by atoms with E-state index in [-0.39, 0.29) is 23.6 Å². The first-order chi connectivity index (χ1) is 11.2. The molecule has 0 radical (unpaired) electrons. The number of hydrogen-bond donors (Lipinski definition) is 0. The molecular formula is C18H19FN2O2. The zero-order valence-electron chi connectivity index (χ0n) is 12.8. The fourth-order valence-corrected chi connectivity index (χ4v) is 3.36. The number of benzene rings is 1. The minimum Gasteiger partial charge on any atom is -0.469 e. The number of rotatable bonds is 3. The van der Waals surface area contributed by atoms with Crippen LogP contribution in [0.25, 0.3) is 0 Å². The Labute approximate surface area is 134 Å². The number of hydrogen-bond acceptors (Lipinski definition) is 3. The van der Waals surface area contributed by atoms with Crippen molar-refractivity contribution < 1.29 is 13.6 Å². The van der Waals surface area contributed by atoms with Crippen LogP contribution in [0.15, 0.2) is 47.1 Å². The molecule has 2 aromatic rings. The highest BCUT2D eigenvalue weighted by Crippen LogP contribution is 2.48. The van der Waals surface area contributed by atoms with Gasteiger partial charge in [-0.05, 0) is 42.8 Å². The lowest BCUT2D eigenvalue weighted by Crippen LogP contribution is -2.49. The van der Waals surface area contributed by atoms with E-state index in [9.17, 15) is 9.18 Å². The number of piperazine rings is 1. The van der Waals surface area contributed by atoms with Crippen molar-refractivity contribution in [2.24, 2.45) is 5.92 Å². The Balaban J connectivity index is 1.33. The van der Waals surface area contributed by atoms with Crippen LogP contribution in [0.2, 0.25) is 0 Å². The van der Waals surface area contributed by atoms with Crippen molar-refractivity contribution in [1.29, 1.82) is 0 Å². The van der Waals surface area contributed by atoms with E-state index in [4.69, 9.17) is 4.42 Å². The van der Waals surface area contributed by atoms with Crippen molar-refractivity contribution in [2.45, 2.75) is 12.3 Å². The van der Waals surface area contributed by atoms with E-state index in [1.807, 2.05) is 17.0 Å². The molecule has 0 bridgehead atoms. The van der Waals surface area contributed by atoms with Crippen LogP contribution in [0.1, 0.15) is 18.1 Å². The van der Waals surface area contributed by atoms with E-state index >= 15 is 0 Å². The molecule has 1 saturated carbocycles. The SMILES string of the molecule is O=C([C@H]1C[C@H]1c1ccco1)N1CCN(c2ccc(F)cc2)CC1. The fourth-order valence-electron chi connectivity index (χ4n) is 3.36. The molecule has 4 nitrogen and oxygen atoms in total. The van der Waals surface area contributed by atoms with Crippen LogP contribution in [0.4, 0.5) is 10.1 Å². The van der Waals surface area contributed by atoms with Crippen LogP contribution < -0.4 is 4.90 Å². The molecule has 1 saturated heterocycles. The zero-order chi connectivity index (χ0) is 15.8. The first-order valence-electron chi connectivity index (χ1n) is 8.05. The summed E-state index contributed by atoms with van der Waals surface area (Å²) in [6.07, 6.45) is 2.56. The quantitative estimate of drug-likeness (QED) is 0.874. The summed E-state index contributed by atoms with van der Waals surface area (Å²) in [4.78, 5) is 16.7. The predicted molar refractivity (Wildman–Crippen MR) is 84.7 cm³/mol. The van der Waals surface area contributed by atoms with Gasteiger partial charge in [-0.3, -0.25) is 4.79 Å². The Morgan fingerprint density at radius 3 is 2.48 bits per heavy atom. The second kappa shape index (κ2) is 5.72. The zero-order valence-corrected chi connectivity index (χ0v) is 12.8. The third-order valence-electron chi connectivity index (χ3n) is 4.80. The largest absolute Gasteiger partial charge is 0.469 e. The first-order valence-corrected chi connectivity index (χ1v) is 8.05. The summed E-state index contributed by atoms with van der Waals surface area (Å²) in [5, 5.41) is 0. The minimum atomic E-state index is -0.222. The normalized spacial score (nSPS) is 23.9. The molecule has 1 aliphatic heterocycles. The van der Waals surface area contributed by atoms with E-state index in [1.54, 1.807) is 18.4 Å². The fraction of sp³-hybridized carbons (Fsp3) is 0.389. The highest BCUT2D eigenvalue weighted by atomic mass is 19.1. The average Bonchev–Trinajstić information content (AvgIpc) is 3.20. The van der Waals surface area contributed by atoms with Gasteiger partial charge in [-0.25, -0.2) is 4.39 Å². The van der Waals surface area contributed by atoms with Crippen LogP contribution in [0.5, 0.6) is 0 Å². The lowest BCUT2D eigenvalue weighted by atomic mass is 10.2. The summed E-state index contributed by atoms with van der Waals surface area (Å²) in [6, 6.07) is 10.4. The van der Waals surface area contributed by atoms with Gasteiger partial charge in [-0.15, -0.1) is 0 Å². The number of halogens is 1. The number of nitrogens with zero attached hydrogens (tertiary/aromatic N) is 2. The van der Waals surface area contributed by atoms with Crippen molar-refractivity contribution in [3.63, 3.8) is 0 Å². The number of amides is 1. The molecule has 0 spiro atoms. The number of carbonyl (C=O) groups is 1. The molecule has 23 heavy (non-hydrogen) atoms. The number of anilines is 1. The lowest BCUT2D eigenvalue weighted by Gasteiger charge is -2.36. The van der Waals surface area contributed by atoms with Gasteiger partial charge in [0.2, 0.25) is 5.91 Å². The maximum atomic E-state index is 13.0. The predicted octanol–water partition coefficient (Wildman–Crippen LogP) is 2.87. The van der Waals surface area contributed by atoms with E-state index in [0.717, 1.165) is 44.0 Å². The maximum Gasteiger partial charge on any atom is 0.226 e. The average molecular weight is 314 g/mol. The molecule has 1 amide bonds. The molecule has 2 aliphatic rings. The summed E-state index contributed by atoms with van der Waals surface area (Å²) in [5.41, 5.74) is 1.01. The van der Waals surface area contributed by atoms with Crippen molar-refractivity contribution in [2.75, 3.05) is 31.1 Å². The summed E-state index contributed by atoms with van der Waals surface area (Å²) in [6.45, 7) is 3.01. The Bertz CT molecular complexity index is 676. The third-order valence-corrected chi connectivity index (χ3v) is 4.80. The minimum absolute atomic E-state index is 0.0820. The van der Waals surface area contributed by atoms with Crippen molar-refractivity contribution in [3.05, 3.63) is 54.2 Å². The van der Waals surface area contributed by atoms with E-state index in [2.05, 4.69) is 4.90 Å². The van der Waals surface area contributed by atoms with E-state index < -0.39 is 0 Å². The van der Waals surface area contributed by atoms with Gasteiger partial charge >= 0.3 is 0 Å². The standard InChI is InChI=1S/C18H19FN2O2/c19-13-3-5-14(6-4-13)20-7-9-21(10-8-20)18(22)16-12-15(16)17-2-1-11-23-17/h1-6,11,15-16H,7-10,12H2/t15-,16+/m1/s1. The van der Waals surface area contributed by atoms with Gasteiger partial charge in [-0.1, -0.05) is 0 Å². The Hall–Kier alpha value is -2.30. The molecule has 4 rings (SSSR count). The van der Waals surface area contributed by atoms with Crippen LogP contribution >= 0.6 is 0 Å². The second-order valence-electron chi connectivity index (χ2n) is 6.25. The molecule has 5 heteroatoms. The Morgan fingerprint density at radius 1 is 1.09 bits per heavy atom. The molecule has 1 aromatic carbocycles. The molecule has 0 unspecified atom stereocenters. The monoisotopic (exact) mass is 314 g/mol. The molecular weight excluding hydrogens is 295 g/mol. The molecule has 0 N–H and O–H groups in total. The van der Waals surface area contributed by atoms with Crippen LogP contribution in [-0.4, -0.2) is 37.0 Å². The number of furan rings is 1. The van der Waals surface area contributed by atoms with Gasteiger partial charge < -0.3 is 14.2 Å². The topological polar surface area (TPSA) is 36.7 Å². The lowest BCUT2D eigenvalue weighted by molar-refractivity contribution is -0.133. The van der Waals surface area contributed by atoms with Crippen molar-refractivity contribution >= 4 is 11.6 Å².